The Balaban J connectivity index is 0.00000181. The van der Waals surface area contributed by atoms with Crippen LogP contribution >= 0.6 is 12.4 Å². The first-order chi connectivity index (χ1) is 14.4. The van der Waals surface area contributed by atoms with Crippen LogP contribution in [0.2, 0.25) is 0 Å². The second-order valence-corrected chi connectivity index (χ2v) is 7.83. The van der Waals surface area contributed by atoms with Gasteiger partial charge in [0.2, 0.25) is 0 Å². The van der Waals surface area contributed by atoms with Gasteiger partial charge in [-0.1, -0.05) is 0 Å². The monoisotopic (exact) mass is 475 g/mol. The van der Waals surface area contributed by atoms with E-state index in [0.29, 0.717) is 29.9 Å². The molecule has 2 aromatic carbocycles. The van der Waals surface area contributed by atoms with Gasteiger partial charge in [0.05, 0.1) is 6.10 Å². The lowest BCUT2D eigenvalue weighted by atomic mass is 9.96. The van der Waals surface area contributed by atoms with E-state index < -0.39 is 36.3 Å². The van der Waals surface area contributed by atoms with E-state index in [4.69, 9.17) is 9.47 Å². The number of aliphatic hydroxyl groups excluding tert-OH is 3. The second-order valence-electron chi connectivity index (χ2n) is 7.83. The fourth-order valence-electron chi connectivity index (χ4n) is 3.97. The van der Waals surface area contributed by atoms with Crippen LogP contribution in [0.3, 0.4) is 0 Å². The third-order valence-corrected chi connectivity index (χ3v) is 5.63. The topological polar surface area (TPSA) is 123 Å². The molecule has 7 nitrogen and oxygen atoms in total. The Morgan fingerprint density at radius 3 is 2.25 bits per heavy atom. The Bertz CT molecular complexity index is 905. The van der Waals surface area contributed by atoms with Crippen LogP contribution in [-0.2, 0) is 6.42 Å². The highest BCUT2D eigenvalue weighted by atomic mass is 35.5. The zero-order valence-corrected chi connectivity index (χ0v) is 18.0. The van der Waals surface area contributed by atoms with Gasteiger partial charge < -0.3 is 35.6 Å². The minimum absolute atomic E-state index is 0. The Hall–Kier alpha value is -2.01. The molecule has 6 N–H and O–H groups in total. The summed E-state index contributed by atoms with van der Waals surface area (Å²) in [4.78, 5) is 0. The Morgan fingerprint density at radius 1 is 0.938 bits per heavy atom. The SMILES string of the molecule is Cl.O.OC1CC(C(O)CNCC(O)C2CCc3cc(F)ccc3O2)Oc2ccc(F)cc21. The number of aliphatic hydroxyl groups is 3. The van der Waals surface area contributed by atoms with Gasteiger partial charge in [0.25, 0.3) is 0 Å². The smallest absolute Gasteiger partial charge is 0.129 e. The van der Waals surface area contributed by atoms with E-state index in [1.165, 1.54) is 30.3 Å². The van der Waals surface area contributed by atoms with Crippen molar-refractivity contribution in [1.82, 2.24) is 5.32 Å². The summed E-state index contributed by atoms with van der Waals surface area (Å²) in [5.41, 5.74) is 1.16. The van der Waals surface area contributed by atoms with Gasteiger partial charge in [0.15, 0.2) is 0 Å². The Kier molecular flexibility index (Phi) is 9.20. The van der Waals surface area contributed by atoms with Crippen molar-refractivity contribution >= 4 is 12.4 Å². The molecule has 0 bridgehead atoms. The normalized spacial score (nSPS) is 23.2. The van der Waals surface area contributed by atoms with Gasteiger partial charge in [-0.25, -0.2) is 8.78 Å². The summed E-state index contributed by atoms with van der Waals surface area (Å²) in [6.07, 6.45) is -2.43. The number of nitrogens with one attached hydrogen (secondary N) is 1. The van der Waals surface area contributed by atoms with Gasteiger partial charge in [-0.3, -0.25) is 0 Å². The van der Waals surface area contributed by atoms with E-state index in [1.54, 1.807) is 6.07 Å². The summed E-state index contributed by atoms with van der Waals surface area (Å²) in [6, 6.07) is 8.24. The van der Waals surface area contributed by atoms with Gasteiger partial charge in [0, 0.05) is 25.1 Å². The number of hydrogen-bond acceptors (Lipinski definition) is 6. The average molecular weight is 476 g/mol. The lowest BCUT2D eigenvalue weighted by Gasteiger charge is -2.33. The highest BCUT2D eigenvalue weighted by Gasteiger charge is 2.32. The second kappa shape index (κ2) is 11.2. The molecule has 0 saturated carbocycles. The number of hydrogen-bond donors (Lipinski definition) is 4. The Labute approximate surface area is 190 Å². The van der Waals surface area contributed by atoms with E-state index in [9.17, 15) is 24.1 Å². The first kappa shape index (κ1) is 26.2. The van der Waals surface area contributed by atoms with Crippen LogP contribution in [-0.4, -0.2) is 58.3 Å². The molecule has 0 saturated heterocycles. The Morgan fingerprint density at radius 2 is 1.53 bits per heavy atom. The zero-order chi connectivity index (χ0) is 21.3. The summed E-state index contributed by atoms with van der Waals surface area (Å²) in [5, 5.41) is 34.1. The fraction of sp³-hybridized carbons (Fsp3) is 0.455. The number of rotatable bonds is 6. The van der Waals surface area contributed by atoms with E-state index in [1.807, 2.05) is 0 Å². The third-order valence-electron chi connectivity index (χ3n) is 5.63. The molecule has 32 heavy (non-hydrogen) atoms. The highest BCUT2D eigenvalue weighted by Crippen LogP contribution is 2.36. The molecule has 2 aromatic rings. The van der Waals surface area contributed by atoms with Crippen LogP contribution in [0.15, 0.2) is 36.4 Å². The molecule has 0 radical (unpaired) electrons. The molecule has 4 rings (SSSR count). The molecular formula is C22H28ClF2NO6. The van der Waals surface area contributed by atoms with Gasteiger partial charge in [-0.05, 0) is 54.8 Å². The van der Waals surface area contributed by atoms with Crippen LogP contribution in [0.4, 0.5) is 8.78 Å². The van der Waals surface area contributed by atoms with E-state index in [2.05, 4.69) is 5.32 Å². The summed E-state index contributed by atoms with van der Waals surface area (Å²) < 4.78 is 38.1. The first-order valence-electron chi connectivity index (χ1n) is 10.1. The predicted molar refractivity (Wildman–Crippen MR) is 115 cm³/mol. The van der Waals surface area contributed by atoms with Crippen LogP contribution in [0.25, 0.3) is 0 Å². The van der Waals surface area contributed by atoms with Crippen molar-refractivity contribution in [3.63, 3.8) is 0 Å². The maximum atomic E-state index is 13.3. The van der Waals surface area contributed by atoms with Gasteiger partial charge in [-0.2, -0.15) is 0 Å². The predicted octanol–water partition coefficient (Wildman–Crippen LogP) is 1.45. The van der Waals surface area contributed by atoms with Crippen molar-refractivity contribution in [3.8, 4) is 11.5 Å². The maximum absolute atomic E-state index is 13.3. The van der Waals surface area contributed by atoms with Crippen molar-refractivity contribution < 1.29 is 39.1 Å². The number of benzene rings is 2. The molecule has 5 unspecified atom stereocenters. The summed E-state index contributed by atoms with van der Waals surface area (Å²) in [7, 11) is 0. The lowest BCUT2D eigenvalue weighted by molar-refractivity contribution is -0.0175. The molecule has 0 fully saturated rings. The molecular weight excluding hydrogens is 448 g/mol. The van der Waals surface area contributed by atoms with Gasteiger partial charge in [-0.15, -0.1) is 12.4 Å². The number of fused-ring (bicyclic) bond motifs is 2. The van der Waals surface area contributed by atoms with Crippen molar-refractivity contribution in [2.24, 2.45) is 0 Å². The van der Waals surface area contributed by atoms with E-state index >= 15 is 0 Å². The van der Waals surface area contributed by atoms with E-state index in [0.717, 1.165) is 5.56 Å². The van der Waals surface area contributed by atoms with Crippen molar-refractivity contribution in [2.45, 2.75) is 49.8 Å². The summed E-state index contributed by atoms with van der Waals surface area (Å²) in [5.74, 6) is 0.162. The molecule has 5 atom stereocenters. The highest BCUT2D eigenvalue weighted by molar-refractivity contribution is 5.85. The number of aryl methyl sites for hydroxylation is 1. The molecule has 2 heterocycles. The summed E-state index contributed by atoms with van der Waals surface area (Å²) in [6.45, 7) is 0.328. The van der Waals surface area contributed by atoms with E-state index in [-0.39, 0.29) is 43.2 Å². The van der Waals surface area contributed by atoms with Crippen LogP contribution in [0.5, 0.6) is 11.5 Å². The number of ether oxygens (including phenoxy) is 2. The molecule has 0 aliphatic carbocycles. The lowest BCUT2D eigenvalue weighted by Crippen LogP contribution is -2.46. The van der Waals surface area contributed by atoms with Crippen molar-refractivity contribution in [3.05, 3.63) is 59.2 Å². The standard InChI is InChI=1S/C22H25F2NO5.ClH.H2O/c23-13-2-5-19-12(7-13)1-4-21(29-19)17(27)10-25-11-18(28)22-9-16(26)15-8-14(24)3-6-20(15)30-22;;/h2-3,5-8,16-18,21-22,25-28H,1,4,9-11H2;1H;1H2. The molecule has 10 heteroatoms. The molecule has 0 amide bonds. The summed E-state index contributed by atoms with van der Waals surface area (Å²) >= 11 is 0. The van der Waals surface area contributed by atoms with Crippen LogP contribution in [0.1, 0.15) is 30.1 Å². The van der Waals surface area contributed by atoms with Gasteiger partial charge in [0.1, 0.15) is 47.5 Å². The molecule has 178 valence electrons. The minimum atomic E-state index is -0.930. The van der Waals surface area contributed by atoms with Gasteiger partial charge >= 0.3 is 0 Å². The minimum Gasteiger partial charge on any atom is -0.487 e. The number of halogens is 3. The largest absolute Gasteiger partial charge is 0.487 e. The van der Waals surface area contributed by atoms with Crippen LogP contribution in [0, 0.1) is 11.6 Å². The maximum Gasteiger partial charge on any atom is 0.129 e. The average Bonchev–Trinajstić information content (AvgIpc) is 2.73. The molecule has 2 aliphatic rings. The third kappa shape index (κ3) is 5.86. The molecule has 2 aliphatic heterocycles. The molecule has 0 aromatic heterocycles. The van der Waals surface area contributed by atoms with Crippen molar-refractivity contribution in [1.29, 1.82) is 0 Å². The van der Waals surface area contributed by atoms with Crippen molar-refractivity contribution in [2.75, 3.05) is 13.1 Å². The molecule has 0 spiro atoms. The van der Waals surface area contributed by atoms with Crippen LogP contribution < -0.4 is 14.8 Å². The first-order valence-corrected chi connectivity index (χ1v) is 10.1. The quantitative estimate of drug-likeness (QED) is 0.501. The fourth-order valence-corrected chi connectivity index (χ4v) is 3.97. The zero-order valence-electron chi connectivity index (χ0n) is 17.2.